The average Bonchev–Trinajstić information content (AvgIpc) is 2.30. The summed E-state index contributed by atoms with van der Waals surface area (Å²) in [6.45, 7) is 3.38. The van der Waals surface area contributed by atoms with Crippen molar-refractivity contribution in [2.24, 2.45) is 0 Å². The first-order valence-electron chi connectivity index (χ1n) is 5.32. The predicted octanol–water partition coefficient (Wildman–Crippen LogP) is 3.83. The van der Waals surface area contributed by atoms with Crippen molar-refractivity contribution in [2.45, 2.75) is 13.8 Å². The number of benzene rings is 2. The molecule has 2 aromatic carbocycles. The van der Waals surface area contributed by atoms with Crippen LogP contribution in [0.4, 0.5) is 14.5 Å². The number of hydrogen-bond acceptors (Lipinski definition) is 1. The average molecular weight is 233 g/mol. The lowest BCUT2D eigenvalue weighted by Gasteiger charge is -2.10. The molecule has 0 aliphatic heterocycles. The smallest absolute Gasteiger partial charge is 0.166 e. The molecular formula is C14H13F2N. The number of aryl methyl sites for hydroxylation is 2. The van der Waals surface area contributed by atoms with Gasteiger partial charge < -0.3 is 5.73 Å². The molecule has 0 aromatic heterocycles. The van der Waals surface area contributed by atoms with E-state index in [4.69, 9.17) is 5.73 Å². The van der Waals surface area contributed by atoms with Gasteiger partial charge in [-0.25, -0.2) is 8.78 Å². The lowest BCUT2D eigenvalue weighted by molar-refractivity contribution is 0.505. The maximum atomic E-state index is 13.8. The SMILES string of the molecule is Cc1ccc(N)cc1-c1ccc(C)c(F)c1F. The van der Waals surface area contributed by atoms with E-state index in [1.165, 1.54) is 6.92 Å². The summed E-state index contributed by atoms with van der Waals surface area (Å²) in [6, 6.07) is 8.33. The number of hydrogen-bond donors (Lipinski definition) is 1. The summed E-state index contributed by atoms with van der Waals surface area (Å²) in [7, 11) is 0. The number of halogens is 2. The van der Waals surface area contributed by atoms with Crippen LogP contribution in [0.3, 0.4) is 0 Å². The fourth-order valence-corrected chi connectivity index (χ4v) is 1.78. The van der Waals surface area contributed by atoms with E-state index in [1.807, 2.05) is 6.92 Å². The molecule has 0 heterocycles. The minimum atomic E-state index is -0.821. The Labute approximate surface area is 98.9 Å². The predicted molar refractivity (Wildman–Crippen MR) is 65.7 cm³/mol. The summed E-state index contributed by atoms with van der Waals surface area (Å²) in [5, 5.41) is 0. The molecule has 2 aromatic rings. The van der Waals surface area contributed by atoms with Gasteiger partial charge in [0.2, 0.25) is 0 Å². The van der Waals surface area contributed by atoms with Gasteiger partial charge in [0, 0.05) is 11.3 Å². The van der Waals surface area contributed by atoms with Crippen molar-refractivity contribution in [3.05, 3.63) is 53.1 Å². The quantitative estimate of drug-likeness (QED) is 0.744. The van der Waals surface area contributed by atoms with Crippen molar-refractivity contribution >= 4 is 5.69 Å². The Morgan fingerprint density at radius 2 is 1.47 bits per heavy atom. The Morgan fingerprint density at radius 1 is 0.824 bits per heavy atom. The van der Waals surface area contributed by atoms with Gasteiger partial charge in [-0.1, -0.05) is 18.2 Å². The summed E-state index contributed by atoms with van der Waals surface area (Å²) in [5.74, 6) is -1.62. The van der Waals surface area contributed by atoms with Gasteiger partial charge in [0.05, 0.1) is 0 Å². The van der Waals surface area contributed by atoms with E-state index < -0.39 is 11.6 Å². The third kappa shape index (κ3) is 2.00. The molecule has 0 bridgehead atoms. The molecule has 88 valence electrons. The van der Waals surface area contributed by atoms with E-state index in [0.29, 0.717) is 16.8 Å². The molecule has 2 N–H and O–H groups in total. The molecule has 0 fully saturated rings. The van der Waals surface area contributed by atoms with Crippen molar-refractivity contribution < 1.29 is 8.78 Å². The number of anilines is 1. The molecule has 0 amide bonds. The van der Waals surface area contributed by atoms with Crippen molar-refractivity contribution in [3.63, 3.8) is 0 Å². The second-order valence-corrected chi connectivity index (χ2v) is 4.13. The second kappa shape index (κ2) is 4.17. The van der Waals surface area contributed by atoms with Crippen molar-refractivity contribution in [2.75, 3.05) is 5.73 Å². The highest BCUT2D eigenvalue weighted by atomic mass is 19.2. The Kier molecular flexibility index (Phi) is 2.84. The van der Waals surface area contributed by atoms with Crippen LogP contribution in [-0.2, 0) is 0 Å². The van der Waals surface area contributed by atoms with Crippen LogP contribution in [0.1, 0.15) is 11.1 Å². The highest BCUT2D eigenvalue weighted by Gasteiger charge is 2.14. The normalized spacial score (nSPS) is 10.6. The molecule has 0 aliphatic carbocycles. The number of nitrogens with two attached hydrogens (primary N) is 1. The maximum absolute atomic E-state index is 13.8. The van der Waals surface area contributed by atoms with Gasteiger partial charge in [-0.3, -0.25) is 0 Å². The third-order valence-corrected chi connectivity index (χ3v) is 2.83. The molecule has 0 radical (unpaired) electrons. The molecule has 17 heavy (non-hydrogen) atoms. The van der Waals surface area contributed by atoms with Crippen LogP contribution in [0.25, 0.3) is 11.1 Å². The number of nitrogen functional groups attached to an aromatic ring is 1. The third-order valence-electron chi connectivity index (χ3n) is 2.83. The molecule has 0 atom stereocenters. The molecule has 3 heteroatoms. The zero-order chi connectivity index (χ0) is 12.6. The molecular weight excluding hydrogens is 220 g/mol. The fraction of sp³-hybridized carbons (Fsp3) is 0.143. The highest BCUT2D eigenvalue weighted by molar-refractivity contribution is 5.71. The minimum Gasteiger partial charge on any atom is -0.399 e. The first kappa shape index (κ1) is 11.6. The zero-order valence-electron chi connectivity index (χ0n) is 9.72. The van der Waals surface area contributed by atoms with E-state index in [1.54, 1.807) is 30.3 Å². The van der Waals surface area contributed by atoms with E-state index in [-0.39, 0.29) is 5.56 Å². The van der Waals surface area contributed by atoms with Crippen LogP contribution >= 0.6 is 0 Å². The number of rotatable bonds is 1. The molecule has 0 aliphatic rings. The first-order chi connectivity index (χ1) is 8.00. The lowest BCUT2D eigenvalue weighted by Crippen LogP contribution is -1.95. The molecule has 0 unspecified atom stereocenters. The standard InChI is InChI=1S/C14H13F2N/c1-8-3-5-10(17)7-12(8)11-6-4-9(2)13(15)14(11)16/h3-7H,17H2,1-2H3. The first-order valence-corrected chi connectivity index (χ1v) is 5.32. The van der Waals surface area contributed by atoms with Gasteiger partial charge in [0.1, 0.15) is 0 Å². The summed E-state index contributed by atoms with van der Waals surface area (Å²) in [6.07, 6.45) is 0. The zero-order valence-corrected chi connectivity index (χ0v) is 9.72. The van der Waals surface area contributed by atoms with Crippen molar-refractivity contribution in [1.82, 2.24) is 0 Å². The van der Waals surface area contributed by atoms with Gasteiger partial charge in [0.25, 0.3) is 0 Å². The summed E-state index contributed by atoms with van der Waals surface area (Å²) < 4.78 is 27.3. The van der Waals surface area contributed by atoms with Crippen LogP contribution in [-0.4, -0.2) is 0 Å². The summed E-state index contributed by atoms with van der Waals surface area (Å²) in [4.78, 5) is 0. The van der Waals surface area contributed by atoms with Crippen LogP contribution in [0.15, 0.2) is 30.3 Å². The molecule has 0 saturated heterocycles. The Bertz CT molecular complexity index is 577. The lowest BCUT2D eigenvalue weighted by atomic mass is 9.98. The van der Waals surface area contributed by atoms with Gasteiger partial charge in [0.15, 0.2) is 11.6 Å². The van der Waals surface area contributed by atoms with Gasteiger partial charge in [-0.05, 0) is 42.7 Å². The highest BCUT2D eigenvalue weighted by Crippen LogP contribution is 2.30. The fourth-order valence-electron chi connectivity index (χ4n) is 1.78. The van der Waals surface area contributed by atoms with Gasteiger partial charge in [-0.15, -0.1) is 0 Å². The van der Waals surface area contributed by atoms with Gasteiger partial charge in [-0.2, -0.15) is 0 Å². The molecule has 2 rings (SSSR count). The van der Waals surface area contributed by atoms with Crippen LogP contribution < -0.4 is 5.73 Å². The van der Waals surface area contributed by atoms with E-state index in [0.717, 1.165) is 5.56 Å². The van der Waals surface area contributed by atoms with Crippen LogP contribution in [0.2, 0.25) is 0 Å². The van der Waals surface area contributed by atoms with Gasteiger partial charge >= 0.3 is 0 Å². The summed E-state index contributed by atoms with van der Waals surface area (Å²) >= 11 is 0. The Balaban J connectivity index is 2.69. The molecule has 1 nitrogen and oxygen atoms in total. The van der Waals surface area contributed by atoms with E-state index in [9.17, 15) is 8.78 Å². The second-order valence-electron chi connectivity index (χ2n) is 4.13. The maximum Gasteiger partial charge on any atom is 0.166 e. The van der Waals surface area contributed by atoms with E-state index in [2.05, 4.69) is 0 Å². The Hall–Kier alpha value is -1.90. The molecule has 0 saturated carbocycles. The van der Waals surface area contributed by atoms with Crippen molar-refractivity contribution in [1.29, 1.82) is 0 Å². The summed E-state index contributed by atoms with van der Waals surface area (Å²) in [5.41, 5.74) is 8.24. The Morgan fingerprint density at radius 3 is 2.18 bits per heavy atom. The van der Waals surface area contributed by atoms with Crippen molar-refractivity contribution in [3.8, 4) is 11.1 Å². The van der Waals surface area contributed by atoms with E-state index >= 15 is 0 Å². The van der Waals surface area contributed by atoms with Crippen LogP contribution in [0, 0.1) is 25.5 Å². The molecule has 0 spiro atoms. The monoisotopic (exact) mass is 233 g/mol. The minimum absolute atomic E-state index is 0.248. The van der Waals surface area contributed by atoms with Crippen LogP contribution in [0.5, 0.6) is 0 Å². The largest absolute Gasteiger partial charge is 0.399 e. The topological polar surface area (TPSA) is 26.0 Å².